The molecule has 0 N–H and O–H groups in total. The van der Waals surface area contributed by atoms with Gasteiger partial charge in [-0.2, -0.15) is 0 Å². The van der Waals surface area contributed by atoms with Gasteiger partial charge in [0.05, 0.1) is 10.7 Å². The number of methoxy groups -OCH3 is 1. The molecule has 0 unspecified atom stereocenters. The molecule has 0 radical (unpaired) electrons. The Morgan fingerprint density at radius 2 is 2.29 bits per heavy atom. The summed E-state index contributed by atoms with van der Waals surface area (Å²) in [5, 5.41) is 2.84. The van der Waals surface area contributed by atoms with E-state index < -0.39 is 0 Å². The average molecular weight is 318 g/mol. The molecule has 1 aromatic heterocycles. The lowest BCUT2D eigenvalue weighted by molar-refractivity contribution is 0.112. The van der Waals surface area contributed by atoms with Gasteiger partial charge in [0, 0.05) is 21.0 Å². The molecule has 2 aromatic rings. The molecule has 0 atom stereocenters. The monoisotopic (exact) mass is 318 g/mol. The third kappa shape index (κ3) is 1.52. The van der Waals surface area contributed by atoms with Crippen LogP contribution in [0.15, 0.2) is 17.5 Å². The quantitative estimate of drug-likeness (QED) is 0.627. The fraction of sp³-hybridized carbons (Fsp3) is 0.100. The summed E-state index contributed by atoms with van der Waals surface area (Å²) in [4.78, 5) is 10.7. The third-order valence-electron chi connectivity index (χ3n) is 2.00. The first-order valence-corrected chi connectivity index (χ1v) is 5.92. The van der Waals surface area contributed by atoms with Crippen LogP contribution in [0.4, 0.5) is 0 Å². The zero-order chi connectivity index (χ0) is 10.1. The summed E-state index contributed by atoms with van der Waals surface area (Å²) in [6.07, 6.45) is 0.880. The molecule has 0 saturated heterocycles. The van der Waals surface area contributed by atoms with Crippen molar-refractivity contribution in [3.8, 4) is 5.75 Å². The van der Waals surface area contributed by atoms with Crippen LogP contribution in [0.5, 0.6) is 5.75 Å². The molecule has 72 valence electrons. The SMILES string of the molecule is COc1cc2c(C=O)csc2cc1I. The molecule has 0 aliphatic carbocycles. The number of thiophene rings is 1. The number of aldehydes is 1. The molecule has 0 amide bonds. The van der Waals surface area contributed by atoms with Crippen molar-refractivity contribution in [3.63, 3.8) is 0 Å². The molecule has 2 nitrogen and oxygen atoms in total. The van der Waals surface area contributed by atoms with E-state index in [0.717, 1.165) is 31.3 Å². The first kappa shape index (κ1) is 9.92. The second-order valence-corrected chi connectivity index (χ2v) is 4.87. The largest absolute Gasteiger partial charge is 0.496 e. The van der Waals surface area contributed by atoms with Crippen LogP contribution in [0.1, 0.15) is 10.4 Å². The molecule has 0 bridgehead atoms. The van der Waals surface area contributed by atoms with Gasteiger partial charge in [-0.25, -0.2) is 0 Å². The van der Waals surface area contributed by atoms with E-state index in [1.807, 2.05) is 17.5 Å². The smallest absolute Gasteiger partial charge is 0.151 e. The number of halogens is 1. The number of rotatable bonds is 2. The number of hydrogen-bond acceptors (Lipinski definition) is 3. The van der Waals surface area contributed by atoms with Crippen LogP contribution < -0.4 is 4.74 Å². The molecular weight excluding hydrogens is 311 g/mol. The second kappa shape index (κ2) is 3.86. The molecule has 0 aliphatic heterocycles. The van der Waals surface area contributed by atoms with Gasteiger partial charge in [-0.1, -0.05) is 0 Å². The average Bonchev–Trinajstić information content (AvgIpc) is 2.58. The van der Waals surface area contributed by atoms with Crippen molar-refractivity contribution in [1.29, 1.82) is 0 Å². The molecule has 0 fully saturated rings. The second-order valence-electron chi connectivity index (χ2n) is 2.79. The molecule has 0 saturated carbocycles. The van der Waals surface area contributed by atoms with Gasteiger partial charge >= 0.3 is 0 Å². The fourth-order valence-corrected chi connectivity index (χ4v) is 3.12. The summed E-state index contributed by atoms with van der Waals surface area (Å²) in [5.41, 5.74) is 0.736. The van der Waals surface area contributed by atoms with Crippen molar-refractivity contribution in [2.45, 2.75) is 0 Å². The van der Waals surface area contributed by atoms with Crippen LogP contribution in [0.2, 0.25) is 0 Å². The van der Waals surface area contributed by atoms with Gasteiger partial charge in [0.1, 0.15) is 5.75 Å². The van der Waals surface area contributed by atoms with Crippen molar-refractivity contribution in [2.24, 2.45) is 0 Å². The zero-order valence-corrected chi connectivity index (χ0v) is 10.4. The predicted octanol–water partition coefficient (Wildman–Crippen LogP) is 3.33. The van der Waals surface area contributed by atoms with Crippen LogP contribution in [0, 0.1) is 3.57 Å². The zero-order valence-electron chi connectivity index (χ0n) is 7.41. The summed E-state index contributed by atoms with van der Waals surface area (Å²) in [7, 11) is 1.64. The first-order valence-electron chi connectivity index (χ1n) is 3.96. The molecule has 1 heterocycles. The Kier molecular flexibility index (Phi) is 2.73. The van der Waals surface area contributed by atoms with Gasteiger partial charge in [0.2, 0.25) is 0 Å². The lowest BCUT2D eigenvalue weighted by Crippen LogP contribution is -1.86. The Bertz CT molecular complexity index is 490. The van der Waals surface area contributed by atoms with Crippen LogP contribution in [-0.4, -0.2) is 13.4 Å². The molecule has 14 heavy (non-hydrogen) atoms. The summed E-state index contributed by atoms with van der Waals surface area (Å²) in [6, 6.07) is 3.95. The van der Waals surface area contributed by atoms with Crippen LogP contribution in [0.25, 0.3) is 10.1 Å². The molecular formula is C10H7IO2S. The van der Waals surface area contributed by atoms with E-state index >= 15 is 0 Å². The van der Waals surface area contributed by atoms with E-state index in [9.17, 15) is 4.79 Å². The maximum Gasteiger partial charge on any atom is 0.151 e. The van der Waals surface area contributed by atoms with Crippen LogP contribution >= 0.6 is 33.9 Å². The molecule has 4 heteroatoms. The van der Waals surface area contributed by atoms with Gasteiger partial charge in [-0.3, -0.25) is 4.79 Å². The predicted molar refractivity (Wildman–Crippen MR) is 66.5 cm³/mol. The van der Waals surface area contributed by atoms with E-state index in [1.165, 1.54) is 0 Å². The summed E-state index contributed by atoms with van der Waals surface area (Å²) >= 11 is 3.80. The number of fused-ring (bicyclic) bond motifs is 1. The number of hydrogen-bond donors (Lipinski definition) is 0. The summed E-state index contributed by atoms with van der Waals surface area (Å²) in [5.74, 6) is 0.819. The molecule has 2 rings (SSSR count). The van der Waals surface area contributed by atoms with Gasteiger partial charge in [-0.15, -0.1) is 11.3 Å². The highest BCUT2D eigenvalue weighted by atomic mass is 127. The fourth-order valence-electron chi connectivity index (χ4n) is 1.30. The van der Waals surface area contributed by atoms with Gasteiger partial charge in [0.15, 0.2) is 6.29 Å². The maximum absolute atomic E-state index is 10.7. The molecule has 0 aliphatic rings. The normalized spacial score (nSPS) is 10.4. The van der Waals surface area contributed by atoms with Gasteiger partial charge < -0.3 is 4.74 Å². The van der Waals surface area contributed by atoms with Crippen molar-refractivity contribution >= 4 is 50.3 Å². The number of ether oxygens (including phenoxy) is 1. The third-order valence-corrected chi connectivity index (χ3v) is 3.81. The Morgan fingerprint density at radius 3 is 2.93 bits per heavy atom. The topological polar surface area (TPSA) is 26.3 Å². The highest BCUT2D eigenvalue weighted by molar-refractivity contribution is 14.1. The van der Waals surface area contributed by atoms with E-state index in [1.54, 1.807) is 18.4 Å². The van der Waals surface area contributed by atoms with Crippen LogP contribution in [-0.2, 0) is 0 Å². The Morgan fingerprint density at radius 1 is 1.50 bits per heavy atom. The van der Waals surface area contributed by atoms with E-state index in [0.29, 0.717) is 0 Å². The Hall–Kier alpha value is -0.620. The minimum atomic E-state index is 0.736. The summed E-state index contributed by atoms with van der Waals surface area (Å²) in [6.45, 7) is 0. The minimum absolute atomic E-state index is 0.736. The molecule has 0 spiro atoms. The lowest BCUT2D eigenvalue weighted by atomic mass is 10.2. The van der Waals surface area contributed by atoms with E-state index in [-0.39, 0.29) is 0 Å². The maximum atomic E-state index is 10.7. The highest BCUT2D eigenvalue weighted by Crippen LogP contribution is 2.32. The van der Waals surface area contributed by atoms with Crippen LogP contribution in [0.3, 0.4) is 0 Å². The number of benzene rings is 1. The van der Waals surface area contributed by atoms with Gasteiger partial charge in [-0.05, 0) is 34.7 Å². The van der Waals surface area contributed by atoms with E-state index in [4.69, 9.17) is 4.74 Å². The van der Waals surface area contributed by atoms with Crippen molar-refractivity contribution < 1.29 is 9.53 Å². The Labute approximate surface area is 99.0 Å². The number of carbonyl (C=O) groups excluding carboxylic acids is 1. The van der Waals surface area contributed by atoms with Crippen molar-refractivity contribution in [3.05, 3.63) is 26.6 Å². The standard InChI is InChI=1S/C10H7IO2S/c1-13-9-2-7-6(4-12)5-14-10(7)3-8(9)11/h2-5H,1H3. The minimum Gasteiger partial charge on any atom is -0.496 e. The highest BCUT2D eigenvalue weighted by Gasteiger charge is 2.07. The van der Waals surface area contributed by atoms with Gasteiger partial charge in [0.25, 0.3) is 0 Å². The van der Waals surface area contributed by atoms with E-state index in [2.05, 4.69) is 22.6 Å². The first-order chi connectivity index (χ1) is 6.76. The Balaban J connectivity index is 2.76. The van der Waals surface area contributed by atoms with Crippen molar-refractivity contribution in [1.82, 2.24) is 0 Å². The lowest BCUT2D eigenvalue weighted by Gasteiger charge is -2.02. The molecule has 1 aromatic carbocycles. The summed E-state index contributed by atoms with van der Waals surface area (Å²) < 4.78 is 7.39. The number of carbonyl (C=O) groups is 1. The van der Waals surface area contributed by atoms with Crippen molar-refractivity contribution in [2.75, 3.05) is 7.11 Å².